The van der Waals surface area contributed by atoms with Crippen LogP contribution in [0.15, 0.2) is 78.9 Å². The number of rotatable bonds is 45. The van der Waals surface area contributed by atoms with E-state index < -0.39 is 109 Å². The standard InChI is InChI=1S/C22H38Cl2N4O4Si2.C18H24N4O4.C12H14Cl2N4O2.C12H16N4O4.C4H8.Cl5P/c1-21(17-25,11-9-19(29)31-13-7-15-33(3,4)23)27-28-22(2,18-26)12-10-20(30)32-14-8-16-34(5,6)24;1-5-11-25-15(23)7-9-17(3,13-19)21-22-18(4,14-20)10-8-16(24)26-12-6-2;1-11(7-15,5-3-9(13)19)17-18-12(2,8-16)6-4-10(14)20;1-11(7-13,5-3-9(17)18)15-16-12(2,8-14)6-4-10(19)20;1-3-4-2;1-6(2,3,4)5/h7-16H2,1-6H3;5-6H,1-2,7-12H2,3-4H3;3-6H2,1-2H3;3-6H2,1-2H3,(H,17,18)(H,19,20);3H,1,4H2,2H3;. The van der Waals surface area contributed by atoms with E-state index in [1.807, 2.05) is 80.8 Å². The van der Waals surface area contributed by atoms with Gasteiger partial charge in [-0.25, -0.2) is 0 Å². The molecule has 8 unspecified atom stereocenters. The van der Waals surface area contributed by atoms with Gasteiger partial charge in [-0.15, -0.1) is 6.58 Å². The molecule has 0 amide bonds. The summed E-state index contributed by atoms with van der Waals surface area (Å²) in [5.74, 6) is -3.91. The molecule has 0 aliphatic rings. The molecule has 0 heterocycles. The van der Waals surface area contributed by atoms with Gasteiger partial charge in [-0.05, 0) is 161 Å². The molecule has 0 bridgehead atoms. The van der Waals surface area contributed by atoms with E-state index in [4.69, 9.17) is 152 Å². The molecule has 30 nitrogen and oxygen atoms in total. The molecular formula is C68H100Cl9N16O14PSi2. The minimum absolute atomic E-state index is 0.00232. The molecular weight excluding hydrogens is 1670 g/mol. The third-order valence-electron chi connectivity index (χ3n) is 13.8. The Bertz CT molecular complexity index is 3200. The van der Waals surface area contributed by atoms with Gasteiger partial charge in [-0.3, -0.25) is 38.4 Å². The minimum atomic E-state index is -3.69. The second-order valence-corrected chi connectivity index (χ2v) is 58.2. The molecule has 8 atom stereocenters. The van der Waals surface area contributed by atoms with E-state index in [1.165, 1.54) is 53.7 Å². The second-order valence-electron chi connectivity index (χ2n) is 26.7. The molecule has 0 rings (SSSR count). The van der Waals surface area contributed by atoms with Gasteiger partial charge >= 0.3 is 95.4 Å². The fourth-order valence-corrected chi connectivity index (χ4v) is 9.59. The third-order valence-corrected chi connectivity index (χ3v) is 18.4. The van der Waals surface area contributed by atoms with Crippen LogP contribution in [-0.4, -0.2) is 142 Å². The van der Waals surface area contributed by atoms with Gasteiger partial charge < -0.3 is 29.2 Å². The summed E-state index contributed by atoms with van der Waals surface area (Å²) in [6, 6.07) is 17.3. The first-order chi connectivity index (χ1) is 50.2. The predicted molar refractivity (Wildman–Crippen MR) is 429 cm³/mol. The Morgan fingerprint density at radius 1 is 0.382 bits per heavy atom. The van der Waals surface area contributed by atoms with Gasteiger partial charge in [-0.2, -0.15) is 105 Å². The van der Waals surface area contributed by atoms with E-state index in [0.29, 0.717) is 26.1 Å². The zero-order valence-electron chi connectivity index (χ0n) is 64.3. The molecule has 0 aromatic rings. The van der Waals surface area contributed by atoms with Crippen LogP contribution in [0.4, 0.5) is 0 Å². The molecule has 0 aromatic heterocycles. The number of aliphatic carboxylic acids is 2. The fourth-order valence-electron chi connectivity index (χ4n) is 6.62. The number of hydrogen-bond donors (Lipinski definition) is 2. The van der Waals surface area contributed by atoms with Crippen molar-refractivity contribution in [3.05, 3.63) is 38.0 Å². The van der Waals surface area contributed by atoms with Gasteiger partial charge in [0.25, 0.3) is 0 Å². The van der Waals surface area contributed by atoms with Crippen LogP contribution < -0.4 is 0 Å². The number of nitrogens with zero attached hydrogens (tertiary/aromatic N) is 16. The van der Waals surface area contributed by atoms with Crippen LogP contribution in [-0.2, 0) is 57.3 Å². The molecule has 0 spiro atoms. The van der Waals surface area contributed by atoms with Crippen molar-refractivity contribution >= 4 is 166 Å². The van der Waals surface area contributed by atoms with Gasteiger partial charge in [0.1, 0.15) is 13.2 Å². The summed E-state index contributed by atoms with van der Waals surface area (Å²) in [7, 11) is -3.39. The SMILES string of the molecule is C=CCC.C=CCOC(=O)CCC(C)(C#N)N=NC(C)(C#N)CCC(=O)OCC=C.CC(C#N)(CCC(=O)Cl)N=NC(C)(C#N)CCC(=O)Cl.CC(C#N)(CCC(=O)O)N=NC(C)(C#N)CCC(=O)O.CC(C#N)(CCC(=O)OCCC[Si](C)(C)Cl)N=NC(C)(C#N)CCC(=O)OCCC[Si](C)(C)Cl.ClP(Cl)(Cl)(Cl)Cl. The third kappa shape index (κ3) is 72.7. The zero-order valence-corrected chi connectivity index (χ0v) is 74.0. The Morgan fingerprint density at radius 3 is 0.700 bits per heavy atom. The summed E-state index contributed by atoms with van der Waals surface area (Å²) >= 11 is 47.8. The molecule has 0 aliphatic heterocycles. The molecule has 42 heteroatoms. The van der Waals surface area contributed by atoms with Crippen molar-refractivity contribution < 1.29 is 67.5 Å². The van der Waals surface area contributed by atoms with E-state index in [2.05, 4.69) is 67.6 Å². The number of esters is 4. The molecule has 0 aromatic carbocycles. The maximum atomic E-state index is 12.0. The fraction of sp³-hybridized carbons (Fsp3) is 0.676. The normalized spacial score (nSPS) is 15.7. The maximum absolute atomic E-state index is 12.0. The van der Waals surface area contributed by atoms with Crippen molar-refractivity contribution in [2.45, 2.75) is 267 Å². The Morgan fingerprint density at radius 2 is 0.555 bits per heavy atom. The van der Waals surface area contributed by atoms with Crippen molar-refractivity contribution in [2.24, 2.45) is 40.9 Å². The van der Waals surface area contributed by atoms with Crippen molar-refractivity contribution in [1.82, 2.24) is 0 Å². The van der Waals surface area contributed by atoms with Gasteiger partial charge in [0.15, 0.2) is 59.1 Å². The van der Waals surface area contributed by atoms with Crippen LogP contribution in [0.2, 0.25) is 38.3 Å². The number of carbonyl (C=O) groups is 8. The number of hydrogen-bond acceptors (Lipinski definition) is 28. The number of halogens is 9. The first-order valence-corrected chi connectivity index (χ1v) is 49.5. The molecule has 2 N–H and O–H groups in total. The van der Waals surface area contributed by atoms with E-state index in [9.17, 15) is 59.4 Å². The number of azo groups is 4. The molecule has 0 fully saturated rings. The topological polar surface area (TPSA) is 503 Å². The monoisotopic (exact) mass is 1770 g/mol. The number of carboxylic acid groups (broad SMARTS) is 2. The summed E-state index contributed by atoms with van der Waals surface area (Å²) in [5.41, 5.74) is -10.3. The summed E-state index contributed by atoms with van der Waals surface area (Å²) in [4.78, 5) is 89.5. The Labute approximate surface area is 691 Å². The number of ether oxygens (including phenoxy) is 4. The average molecular weight is 1770 g/mol. The Kier molecular flexibility index (Phi) is 59.4. The van der Waals surface area contributed by atoms with Gasteiger partial charge in [0, 0.05) is 51.4 Å². The average Bonchev–Trinajstić information content (AvgIpc) is 0.877. The van der Waals surface area contributed by atoms with Crippen molar-refractivity contribution in [1.29, 1.82) is 42.1 Å². The van der Waals surface area contributed by atoms with E-state index in [1.54, 1.807) is 13.8 Å². The van der Waals surface area contributed by atoms with Crippen molar-refractivity contribution in [2.75, 3.05) is 26.4 Å². The van der Waals surface area contributed by atoms with Crippen molar-refractivity contribution in [3.8, 4) is 48.6 Å². The molecule has 0 radical (unpaired) electrons. The molecule has 0 saturated heterocycles. The summed E-state index contributed by atoms with van der Waals surface area (Å²) in [6.07, 6.45) is 7.20. The first-order valence-electron chi connectivity index (χ1n) is 33.6. The molecule has 110 heavy (non-hydrogen) atoms. The number of carboxylic acids is 2. The number of nitriles is 8. The van der Waals surface area contributed by atoms with Gasteiger partial charge in [-0.1, -0.05) is 64.5 Å². The van der Waals surface area contributed by atoms with Gasteiger partial charge in [0.2, 0.25) is 10.5 Å². The first kappa shape index (κ1) is 114. The van der Waals surface area contributed by atoms with Crippen LogP contribution in [0.25, 0.3) is 0 Å². The van der Waals surface area contributed by atoms with Crippen LogP contribution in [0.5, 0.6) is 0 Å². The van der Waals surface area contributed by atoms with Crippen molar-refractivity contribution in [3.63, 3.8) is 0 Å². The second kappa shape index (κ2) is 57.2. The zero-order chi connectivity index (χ0) is 87.0. The van der Waals surface area contributed by atoms with E-state index in [-0.39, 0.29) is 116 Å². The Hall–Kier alpha value is -6.83. The Balaban J connectivity index is -0.000000320. The number of carbonyl (C=O) groups excluding carboxylic acids is 6. The molecule has 0 saturated carbocycles. The van der Waals surface area contributed by atoms with Crippen LogP contribution in [0.3, 0.4) is 0 Å². The van der Waals surface area contributed by atoms with Crippen LogP contribution >= 0.6 is 105 Å². The quantitative estimate of drug-likeness (QED) is 0.00658. The number of allylic oxidation sites excluding steroid dienone is 1. The van der Waals surface area contributed by atoms with Crippen LogP contribution in [0.1, 0.15) is 184 Å². The molecule has 612 valence electrons. The van der Waals surface area contributed by atoms with E-state index in [0.717, 1.165) is 18.5 Å². The predicted octanol–water partition coefficient (Wildman–Crippen LogP) is 20.1. The van der Waals surface area contributed by atoms with Gasteiger partial charge in [0.05, 0.1) is 61.8 Å². The summed E-state index contributed by atoms with van der Waals surface area (Å²) in [5, 5.41) is 121. The molecule has 0 aliphatic carbocycles. The summed E-state index contributed by atoms with van der Waals surface area (Å²) < 4.78 is 16.4. The van der Waals surface area contributed by atoms with E-state index >= 15 is 0 Å². The van der Waals surface area contributed by atoms with Crippen LogP contribution in [0, 0.1) is 90.6 Å². The summed E-state index contributed by atoms with van der Waals surface area (Å²) in [6.45, 7) is 33.2.